The fraction of sp³-hybridized carbons (Fsp3) is 0.174. The van der Waals surface area contributed by atoms with E-state index in [0.717, 1.165) is 50.2 Å². The van der Waals surface area contributed by atoms with E-state index in [-0.39, 0.29) is 0 Å². The molecule has 0 bridgehead atoms. The van der Waals surface area contributed by atoms with E-state index in [0.29, 0.717) is 19.0 Å². The van der Waals surface area contributed by atoms with Crippen molar-refractivity contribution in [3.8, 4) is 11.3 Å². The van der Waals surface area contributed by atoms with Crippen molar-refractivity contribution in [3.63, 3.8) is 0 Å². The van der Waals surface area contributed by atoms with Crippen LogP contribution in [0.5, 0.6) is 0 Å². The molecule has 0 saturated carbocycles. The summed E-state index contributed by atoms with van der Waals surface area (Å²) in [6.45, 7) is 1.34. The molecule has 7 heteroatoms. The molecule has 0 spiro atoms. The molecule has 3 N–H and O–H groups in total. The monoisotopic (exact) mass is 415 g/mol. The molecule has 0 atom stereocenters. The first-order valence-corrected chi connectivity index (χ1v) is 10.7. The molecule has 150 valence electrons. The highest BCUT2D eigenvalue weighted by molar-refractivity contribution is 7.19. The lowest BCUT2D eigenvalue weighted by atomic mass is 10.1. The number of nitrogens with zero attached hydrogens (tertiary/aromatic N) is 3. The maximum atomic E-state index is 6.23. The Kier molecular flexibility index (Phi) is 5.13. The van der Waals surface area contributed by atoms with Crippen LogP contribution >= 0.6 is 11.3 Å². The fourth-order valence-electron chi connectivity index (χ4n) is 3.50. The number of aryl methyl sites for hydroxylation is 1. The summed E-state index contributed by atoms with van der Waals surface area (Å²) in [6, 6.07) is 18.3. The van der Waals surface area contributed by atoms with Crippen LogP contribution < -0.4 is 5.73 Å². The first-order chi connectivity index (χ1) is 14.8. The predicted octanol–water partition coefficient (Wildman–Crippen LogP) is 4.97. The molecular formula is C23H21N5OS. The standard InChI is InChI=1S/C23H21N5OS/c24-23-21-22(17-9-8-16(13-19(17)26-23)18-10-11-25-28-18)30-20(27-21)7-4-12-29-14-15-5-2-1-3-6-15/h1-3,5-6,8-11,13H,4,7,12,14H2,(H2,24,26)(H,25,28). The predicted molar refractivity (Wildman–Crippen MR) is 121 cm³/mol. The van der Waals surface area contributed by atoms with Crippen molar-refractivity contribution in [3.05, 3.63) is 71.4 Å². The number of fused-ring (bicyclic) bond motifs is 3. The van der Waals surface area contributed by atoms with E-state index >= 15 is 0 Å². The summed E-state index contributed by atoms with van der Waals surface area (Å²) >= 11 is 1.69. The molecular weight excluding hydrogens is 394 g/mol. The van der Waals surface area contributed by atoms with E-state index in [1.807, 2.05) is 36.5 Å². The first kappa shape index (κ1) is 18.7. The lowest BCUT2D eigenvalue weighted by Crippen LogP contribution is -1.97. The number of hydrogen-bond acceptors (Lipinski definition) is 6. The van der Waals surface area contributed by atoms with E-state index in [9.17, 15) is 0 Å². The number of rotatable bonds is 7. The number of nitrogen functional groups attached to an aromatic ring is 1. The Morgan fingerprint density at radius 1 is 1.03 bits per heavy atom. The Bertz CT molecular complexity index is 1280. The Labute approximate surface area is 177 Å². The van der Waals surface area contributed by atoms with Gasteiger partial charge in [-0.05, 0) is 24.1 Å². The molecule has 6 nitrogen and oxygen atoms in total. The zero-order valence-corrected chi connectivity index (χ0v) is 17.2. The van der Waals surface area contributed by atoms with Gasteiger partial charge in [-0.15, -0.1) is 11.3 Å². The number of pyridine rings is 1. The molecule has 0 unspecified atom stereocenters. The van der Waals surface area contributed by atoms with Crippen molar-refractivity contribution >= 4 is 38.3 Å². The van der Waals surface area contributed by atoms with Crippen LogP contribution in [0.25, 0.3) is 32.4 Å². The topological polar surface area (TPSA) is 89.7 Å². The molecule has 0 aliphatic rings. The highest BCUT2D eigenvalue weighted by Gasteiger charge is 2.13. The number of hydrogen-bond donors (Lipinski definition) is 2. The normalized spacial score (nSPS) is 11.5. The molecule has 0 fully saturated rings. The molecule has 0 aliphatic carbocycles. The van der Waals surface area contributed by atoms with Gasteiger partial charge in [0.2, 0.25) is 0 Å². The van der Waals surface area contributed by atoms with Gasteiger partial charge in [-0.2, -0.15) is 5.10 Å². The van der Waals surface area contributed by atoms with Crippen LogP contribution in [0.15, 0.2) is 60.8 Å². The van der Waals surface area contributed by atoms with E-state index in [4.69, 9.17) is 15.5 Å². The SMILES string of the molecule is Nc1nc2cc(-c3cc[nH]n3)ccc2c2sc(CCCOCc3ccccc3)nc12. The van der Waals surface area contributed by atoms with Crippen molar-refractivity contribution in [2.24, 2.45) is 0 Å². The smallest absolute Gasteiger partial charge is 0.151 e. The zero-order chi connectivity index (χ0) is 20.3. The third-order valence-corrected chi connectivity index (χ3v) is 6.13. The van der Waals surface area contributed by atoms with Crippen LogP contribution in [0.4, 0.5) is 5.82 Å². The van der Waals surface area contributed by atoms with E-state index in [1.165, 1.54) is 5.56 Å². The van der Waals surface area contributed by atoms with Crippen molar-refractivity contribution in [1.29, 1.82) is 0 Å². The van der Waals surface area contributed by atoms with Crippen LogP contribution in [0, 0.1) is 0 Å². The molecule has 0 aliphatic heterocycles. The zero-order valence-electron chi connectivity index (χ0n) is 16.3. The molecule has 0 amide bonds. The Hall–Kier alpha value is -3.29. The van der Waals surface area contributed by atoms with Crippen molar-refractivity contribution < 1.29 is 4.74 Å². The van der Waals surface area contributed by atoms with E-state index in [1.54, 1.807) is 11.3 Å². The maximum Gasteiger partial charge on any atom is 0.151 e. The highest BCUT2D eigenvalue weighted by Crippen LogP contribution is 2.34. The number of ether oxygens (including phenoxy) is 1. The Morgan fingerprint density at radius 3 is 2.77 bits per heavy atom. The van der Waals surface area contributed by atoms with Gasteiger partial charge in [0.1, 0.15) is 5.52 Å². The fourth-order valence-corrected chi connectivity index (χ4v) is 4.64. The summed E-state index contributed by atoms with van der Waals surface area (Å²) < 4.78 is 6.88. The van der Waals surface area contributed by atoms with E-state index < -0.39 is 0 Å². The van der Waals surface area contributed by atoms with Gasteiger partial charge in [0.05, 0.1) is 27.5 Å². The van der Waals surface area contributed by atoms with Gasteiger partial charge in [-0.1, -0.05) is 42.5 Å². The van der Waals surface area contributed by atoms with Crippen LogP contribution in [0.2, 0.25) is 0 Å². The van der Waals surface area contributed by atoms with Crippen molar-refractivity contribution in [2.75, 3.05) is 12.3 Å². The average Bonchev–Trinajstić information content (AvgIpc) is 3.45. The molecule has 3 heterocycles. The number of H-pyrrole nitrogens is 1. The summed E-state index contributed by atoms with van der Waals surface area (Å²) in [5, 5.41) is 9.22. The quantitative estimate of drug-likeness (QED) is 0.367. The minimum absolute atomic E-state index is 0.472. The van der Waals surface area contributed by atoms with Gasteiger partial charge in [-0.25, -0.2) is 9.97 Å². The van der Waals surface area contributed by atoms with Gasteiger partial charge in [0, 0.05) is 30.2 Å². The summed E-state index contributed by atoms with van der Waals surface area (Å²) in [6.07, 6.45) is 3.59. The second kappa shape index (κ2) is 8.22. The number of nitrogens with two attached hydrogens (primary N) is 1. The van der Waals surface area contributed by atoms with Gasteiger partial charge in [0.25, 0.3) is 0 Å². The van der Waals surface area contributed by atoms with Crippen LogP contribution in [0.1, 0.15) is 17.0 Å². The number of nitrogens with one attached hydrogen (secondary N) is 1. The molecule has 5 rings (SSSR count). The highest BCUT2D eigenvalue weighted by atomic mass is 32.1. The lowest BCUT2D eigenvalue weighted by molar-refractivity contribution is 0.118. The van der Waals surface area contributed by atoms with Gasteiger partial charge < -0.3 is 10.5 Å². The molecule has 2 aromatic carbocycles. The summed E-state index contributed by atoms with van der Waals surface area (Å²) in [5.74, 6) is 0.472. The number of aromatic nitrogens is 4. The van der Waals surface area contributed by atoms with Crippen LogP contribution in [-0.2, 0) is 17.8 Å². The minimum atomic E-state index is 0.472. The van der Waals surface area contributed by atoms with Crippen LogP contribution in [0.3, 0.4) is 0 Å². The maximum absolute atomic E-state index is 6.23. The largest absolute Gasteiger partial charge is 0.382 e. The molecule has 30 heavy (non-hydrogen) atoms. The average molecular weight is 416 g/mol. The van der Waals surface area contributed by atoms with Gasteiger partial charge >= 0.3 is 0 Å². The molecule has 0 saturated heterocycles. The minimum Gasteiger partial charge on any atom is -0.382 e. The molecule has 3 aromatic heterocycles. The number of anilines is 1. The van der Waals surface area contributed by atoms with Gasteiger partial charge in [-0.3, -0.25) is 5.10 Å². The van der Waals surface area contributed by atoms with Crippen LogP contribution in [-0.4, -0.2) is 26.8 Å². The third kappa shape index (κ3) is 3.77. The lowest BCUT2D eigenvalue weighted by Gasteiger charge is -2.03. The Morgan fingerprint density at radius 2 is 1.93 bits per heavy atom. The summed E-state index contributed by atoms with van der Waals surface area (Å²) in [7, 11) is 0. The number of aromatic amines is 1. The number of benzene rings is 2. The first-order valence-electron chi connectivity index (χ1n) is 9.88. The summed E-state index contributed by atoms with van der Waals surface area (Å²) in [4.78, 5) is 9.34. The third-order valence-electron chi connectivity index (χ3n) is 4.98. The van der Waals surface area contributed by atoms with Crippen molar-refractivity contribution in [1.82, 2.24) is 20.2 Å². The number of thiazole rings is 1. The van der Waals surface area contributed by atoms with Crippen molar-refractivity contribution in [2.45, 2.75) is 19.4 Å². The second-order valence-electron chi connectivity index (χ2n) is 7.12. The second-order valence-corrected chi connectivity index (χ2v) is 8.20. The Balaban J connectivity index is 1.32. The van der Waals surface area contributed by atoms with Gasteiger partial charge in [0.15, 0.2) is 5.82 Å². The summed E-state index contributed by atoms with van der Waals surface area (Å²) in [5.41, 5.74) is 11.0. The molecule has 5 aromatic rings. The van der Waals surface area contributed by atoms with E-state index in [2.05, 4.69) is 39.4 Å². The molecule has 0 radical (unpaired) electrons.